The second-order valence-electron chi connectivity index (χ2n) is 0.260. The van der Waals surface area contributed by atoms with Crippen LogP contribution >= 0.6 is 42.2 Å². The third kappa shape index (κ3) is 5.05. The van der Waals surface area contributed by atoms with Gasteiger partial charge in [0.15, 0.2) is 0 Å². The Morgan fingerprint density at radius 3 is 2.40 bits per heavy atom. The largest absolute Gasteiger partial charge is 0.147 e. The fraction of sp³-hybridized carbons (Fsp3) is 0. The van der Waals surface area contributed by atoms with E-state index in [-0.39, 0.29) is 8.08 Å². The standard InChI is InChI=1S/ClHIN2P/c1-5-4-3-2/h5H. The first kappa shape index (κ1) is 6.05. The molecular formula is HClIN2P. The number of halogens is 2. The lowest BCUT2D eigenvalue weighted by atomic mass is 13.3. The van der Waals surface area contributed by atoms with Gasteiger partial charge >= 0.3 is 0 Å². The van der Waals surface area contributed by atoms with Gasteiger partial charge in [-0.15, -0.1) is 8.21 Å². The van der Waals surface area contributed by atoms with E-state index in [1.54, 1.807) is 22.9 Å². The summed E-state index contributed by atoms with van der Waals surface area (Å²) in [5.41, 5.74) is 0. The molecular weight excluding hydrogens is 221 g/mol. The summed E-state index contributed by atoms with van der Waals surface area (Å²) in [5, 5.41) is 0. The molecule has 5 heteroatoms. The SMILES string of the molecule is ClPN=NI. The predicted octanol–water partition coefficient (Wildman–Crippen LogP) is 2.54. The van der Waals surface area contributed by atoms with Crippen LogP contribution in [0.15, 0.2) is 8.21 Å². The minimum atomic E-state index is 0.0808. The average molecular weight is 222 g/mol. The Balaban J connectivity index is 2.62. The Kier molecular flexibility index (Phi) is 6.11. The molecule has 1 unspecified atom stereocenters. The predicted molar refractivity (Wildman–Crippen MR) is 33.0 cm³/mol. The molecule has 1 atom stereocenters. The van der Waals surface area contributed by atoms with Crippen molar-refractivity contribution in [2.75, 3.05) is 0 Å². The topological polar surface area (TPSA) is 24.7 Å². The van der Waals surface area contributed by atoms with E-state index >= 15 is 0 Å². The molecule has 0 N–H and O–H groups in total. The highest BCUT2D eigenvalue weighted by atomic mass is 127. The van der Waals surface area contributed by atoms with E-state index in [4.69, 9.17) is 11.2 Å². The molecule has 0 aromatic rings. The summed E-state index contributed by atoms with van der Waals surface area (Å²) < 4.78 is 3.33. The zero-order chi connectivity index (χ0) is 4.12. The highest BCUT2D eigenvalue weighted by Crippen LogP contribution is 2.17. The molecule has 30 valence electrons. The Labute approximate surface area is 50.5 Å². The minimum absolute atomic E-state index is 0.0808. The van der Waals surface area contributed by atoms with E-state index in [1.807, 2.05) is 0 Å². The van der Waals surface area contributed by atoms with Crippen molar-refractivity contribution in [3.63, 3.8) is 0 Å². The summed E-state index contributed by atoms with van der Waals surface area (Å²) in [7, 11) is 0.0808. The van der Waals surface area contributed by atoms with Crippen molar-refractivity contribution in [2.45, 2.75) is 0 Å². The number of nitrogens with zero attached hydrogens (tertiary/aromatic N) is 2. The smallest absolute Gasteiger partial charge is 0.122 e. The second-order valence-corrected chi connectivity index (χ2v) is 1.57. The number of hydrogen-bond acceptors (Lipinski definition) is 2. The van der Waals surface area contributed by atoms with Gasteiger partial charge in [-0.1, -0.05) is 11.2 Å². The lowest BCUT2D eigenvalue weighted by molar-refractivity contribution is 1.58. The summed E-state index contributed by atoms with van der Waals surface area (Å²) in [6, 6.07) is 0. The molecule has 0 aliphatic rings. The minimum Gasteiger partial charge on any atom is -0.147 e. The normalized spacial score (nSPS) is 12.4. The van der Waals surface area contributed by atoms with E-state index in [9.17, 15) is 0 Å². The molecule has 0 heterocycles. The van der Waals surface area contributed by atoms with Gasteiger partial charge < -0.3 is 0 Å². The van der Waals surface area contributed by atoms with Crippen LogP contribution in [-0.2, 0) is 0 Å². The Morgan fingerprint density at radius 2 is 2.40 bits per heavy atom. The molecule has 0 saturated heterocycles. The first-order chi connectivity index (χ1) is 2.41. The molecule has 0 aromatic carbocycles. The summed E-state index contributed by atoms with van der Waals surface area (Å²) in [5.74, 6) is 0. The molecule has 0 aromatic heterocycles. The maximum absolute atomic E-state index is 5.06. The maximum Gasteiger partial charge on any atom is 0.122 e. The summed E-state index contributed by atoms with van der Waals surface area (Å²) in [6.45, 7) is 0. The highest BCUT2D eigenvalue weighted by molar-refractivity contribution is 14.1. The third-order valence-corrected chi connectivity index (χ3v) is 1.10. The maximum atomic E-state index is 5.06. The van der Waals surface area contributed by atoms with Crippen LogP contribution in [0.3, 0.4) is 0 Å². The van der Waals surface area contributed by atoms with Crippen LogP contribution in [0.25, 0.3) is 0 Å². The zero-order valence-corrected chi connectivity index (χ0v) is 6.06. The van der Waals surface area contributed by atoms with Crippen LogP contribution in [0.4, 0.5) is 0 Å². The number of rotatable bonds is 1. The molecule has 0 aliphatic carbocycles. The molecule has 5 heavy (non-hydrogen) atoms. The fourth-order valence-corrected chi connectivity index (χ4v) is 0.862. The van der Waals surface area contributed by atoms with Crippen LogP contribution in [0.5, 0.6) is 0 Å². The molecule has 0 radical (unpaired) electrons. The van der Waals surface area contributed by atoms with Crippen LogP contribution < -0.4 is 0 Å². The van der Waals surface area contributed by atoms with Crippen molar-refractivity contribution in [2.24, 2.45) is 8.21 Å². The van der Waals surface area contributed by atoms with Gasteiger partial charge in [0, 0.05) is 0 Å². The lowest BCUT2D eigenvalue weighted by Crippen LogP contribution is -1.13. The first-order valence-electron chi connectivity index (χ1n) is 0.782. The number of hydrogen-bond donors (Lipinski definition) is 0. The van der Waals surface area contributed by atoms with Crippen LogP contribution in [0, 0.1) is 0 Å². The van der Waals surface area contributed by atoms with E-state index < -0.39 is 0 Å². The van der Waals surface area contributed by atoms with Gasteiger partial charge in [-0.25, -0.2) is 0 Å². The van der Waals surface area contributed by atoms with Gasteiger partial charge in [0.25, 0.3) is 0 Å². The second kappa shape index (κ2) is 5.05. The summed E-state index contributed by atoms with van der Waals surface area (Å²) >= 11 is 6.83. The molecule has 0 aliphatic heterocycles. The Hall–Kier alpha value is 1.05. The van der Waals surface area contributed by atoms with Crippen molar-refractivity contribution < 1.29 is 0 Å². The summed E-state index contributed by atoms with van der Waals surface area (Å²) in [4.78, 5) is 3.38. The van der Waals surface area contributed by atoms with Gasteiger partial charge in [-0.05, 0) is 0 Å². The van der Waals surface area contributed by atoms with Gasteiger partial charge in [-0.3, -0.25) is 0 Å². The van der Waals surface area contributed by atoms with Crippen LogP contribution in [0.1, 0.15) is 0 Å². The molecule has 0 spiro atoms. The zero-order valence-electron chi connectivity index (χ0n) is 2.15. The van der Waals surface area contributed by atoms with Crippen molar-refractivity contribution in [3.8, 4) is 0 Å². The fourth-order valence-electron chi connectivity index (χ4n) is 0.0143. The molecule has 0 amide bonds. The third-order valence-electron chi connectivity index (χ3n) is 0.0756. The van der Waals surface area contributed by atoms with Gasteiger partial charge in [-0.2, -0.15) is 0 Å². The molecule has 0 saturated carbocycles. The van der Waals surface area contributed by atoms with Crippen LogP contribution in [-0.4, -0.2) is 0 Å². The first-order valence-corrected chi connectivity index (χ1v) is 3.71. The molecule has 0 fully saturated rings. The van der Waals surface area contributed by atoms with Crippen LogP contribution in [0.2, 0.25) is 0 Å². The molecule has 0 rings (SSSR count). The average Bonchev–Trinajstić information content (AvgIpc) is 1.41. The monoisotopic (exact) mass is 222 g/mol. The Bertz CT molecular complexity index is 36.6. The summed E-state index contributed by atoms with van der Waals surface area (Å²) in [6.07, 6.45) is 0. The Morgan fingerprint density at radius 1 is 1.80 bits per heavy atom. The van der Waals surface area contributed by atoms with Crippen molar-refractivity contribution >= 4 is 42.2 Å². The van der Waals surface area contributed by atoms with Crippen molar-refractivity contribution in [1.29, 1.82) is 0 Å². The van der Waals surface area contributed by atoms with Crippen molar-refractivity contribution in [3.05, 3.63) is 0 Å². The lowest BCUT2D eigenvalue weighted by Gasteiger charge is -1.61. The quantitative estimate of drug-likeness (QED) is 0.370. The molecule has 0 bridgehead atoms. The van der Waals surface area contributed by atoms with Gasteiger partial charge in [0.2, 0.25) is 0 Å². The van der Waals surface area contributed by atoms with Gasteiger partial charge in [0.05, 0.1) is 0 Å². The highest BCUT2D eigenvalue weighted by Gasteiger charge is 1.56. The van der Waals surface area contributed by atoms with E-state index in [1.165, 1.54) is 0 Å². The van der Waals surface area contributed by atoms with E-state index in [2.05, 4.69) is 8.21 Å². The van der Waals surface area contributed by atoms with Crippen molar-refractivity contribution in [1.82, 2.24) is 0 Å². The van der Waals surface area contributed by atoms with E-state index in [0.717, 1.165) is 0 Å². The van der Waals surface area contributed by atoms with Gasteiger partial charge in [0.1, 0.15) is 30.9 Å². The van der Waals surface area contributed by atoms with E-state index in [0.29, 0.717) is 0 Å². The molecule has 2 nitrogen and oxygen atoms in total.